The molecule has 0 amide bonds. The molecule has 0 spiro atoms. The predicted molar refractivity (Wildman–Crippen MR) is 109 cm³/mol. The van der Waals surface area contributed by atoms with E-state index in [1.807, 2.05) is 0 Å². The minimum atomic E-state index is -3.97. The van der Waals surface area contributed by atoms with Crippen molar-refractivity contribution in [2.24, 2.45) is 0 Å². The molecule has 4 aromatic rings. The van der Waals surface area contributed by atoms with Crippen molar-refractivity contribution in [3.8, 4) is 11.8 Å². The SMILES string of the molecule is O=S(=O)(Nc1ccc(F)cc1C#Cc1cccnc1)c1cccc2cccnc12. The van der Waals surface area contributed by atoms with Crippen LogP contribution in [0.5, 0.6) is 0 Å². The first-order valence-corrected chi connectivity index (χ1v) is 10.1. The zero-order valence-corrected chi connectivity index (χ0v) is 15.8. The summed E-state index contributed by atoms with van der Waals surface area (Å²) in [6, 6.07) is 15.6. The molecule has 0 unspecified atom stereocenters. The lowest BCUT2D eigenvalue weighted by atomic mass is 10.1. The van der Waals surface area contributed by atoms with E-state index < -0.39 is 15.8 Å². The van der Waals surface area contributed by atoms with Gasteiger partial charge in [-0.15, -0.1) is 0 Å². The summed E-state index contributed by atoms with van der Waals surface area (Å²) < 4.78 is 42.3. The van der Waals surface area contributed by atoms with Crippen LogP contribution in [0.4, 0.5) is 10.1 Å². The van der Waals surface area contributed by atoms with E-state index in [2.05, 4.69) is 26.5 Å². The van der Waals surface area contributed by atoms with Crippen LogP contribution in [0.1, 0.15) is 11.1 Å². The number of para-hydroxylation sites is 1. The Morgan fingerprint density at radius 2 is 1.76 bits per heavy atom. The van der Waals surface area contributed by atoms with Crippen molar-refractivity contribution < 1.29 is 12.8 Å². The molecule has 0 radical (unpaired) electrons. The maximum absolute atomic E-state index is 13.8. The fraction of sp³-hybridized carbons (Fsp3) is 0. The number of anilines is 1. The molecule has 0 aliphatic heterocycles. The molecule has 29 heavy (non-hydrogen) atoms. The lowest BCUT2D eigenvalue weighted by molar-refractivity contribution is 0.601. The maximum atomic E-state index is 13.8. The topological polar surface area (TPSA) is 72.0 Å². The third kappa shape index (κ3) is 4.08. The molecule has 0 aliphatic carbocycles. The molecule has 5 nitrogen and oxygen atoms in total. The number of nitrogens with one attached hydrogen (secondary N) is 1. The summed E-state index contributed by atoms with van der Waals surface area (Å²) >= 11 is 0. The van der Waals surface area contributed by atoms with Crippen LogP contribution >= 0.6 is 0 Å². The van der Waals surface area contributed by atoms with Crippen molar-refractivity contribution in [2.75, 3.05) is 4.72 Å². The van der Waals surface area contributed by atoms with Gasteiger partial charge in [-0.1, -0.05) is 30.0 Å². The molecular weight excluding hydrogens is 389 g/mol. The first-order chi connectivity index (χ1) is 14.0. The zero-order valence-electron chi connectivity index (χ0n) is 15.0. The monoisotopic (exact) mass is 403 g/mol. The molecule has 2 heterocycles. The summed E-state index contributed by atoms with van der Waals surface area (Å²) in [5, 5.41) is 0.700. The van der Waals surface area contributed by atoms with Gasteiger partial charge in [0.15, 0.2) is 0 Å². The van der Waals surface area contributed by atoms with Gasteiger partial charge in [-0.2, -0.15) is 0 Å². The number of hydrogen-bond donors (Lipinski definition) is 1. The molecule has 0 saturated carbocycles. The largest absolute Gasteiger partial charge is 0.278 e. The van der Waals surface area contributed by atoms with E-state index in [0.717, 1.165) is 0 Å². The van der Waals surface area contributed by atoms with Gasteiger partial charge in [0.1, 0.15) is 10.7 Å². The summed E-state index contributed by atoms with van der Waals surface area (Å²) in [6.45, 7) is 0. The Morgan fingerprint density at radius 1 is 0.931 bits per heavy atom. The first kappa shape index (κ1) is 18.6. The van der Waals surface area contributed by atoms with Crippen LogP contribution in [0.15, 0.2) is 84.1 Å². The number of benzene rings is 2. The fourth-order valence-corrected chi connectivity index (χ4v) is 4.04. The number of rotatable bonds is 3. The van der Waals surface area contributed by atoms with Crippen molar-refractivity contribution in [2.45, 2.75) is 4.90 Å². The maximum Gasteiger partial charge on any atom is 0.264 e. The second-order valence-corrected chi connectivity index (χ2v) is 7.77. The highest BCUT2D eigenvalue weighted by molar-refractivity contribution is 7.93. The number of hydrogen-bond acceptors (Lipinski definition) is 4. The summed E-state index contributed by atoms with van der Waals surface area (Å²) in [6.07, 6.45) is 4.72. The highest BCUT2D eigenvalue weighted by Crippen LogP contribution is 2.25. The zero-order chi connectivity index (χ0) is 20.3. The lowest BCUT2D eigenvalue weighted by Gasteiger charge is -2.11. The van der Waals surface area contributed by atoms with Crippen LogP contribution in [0.25, 0.3) is 10.9 Å². The van der Waals surface area contributed by atoms with E-state index in [-0.39, 0.29) is 16.1 Å². The molecule has 0 atom stereocenters. The summed E-state index contributed by atoms with van der Waals surface area (Å²) in [7, 11) is -3.97. The number of fused-ring (bicyclic) bond motifs is 1. The Morgan fingerprint density at radius 3 is 2.59 bits per heavy atom. The van der Waals surface area contributed by atoms with Crippen LogP contribution in [0, 0.1) is 17.7 Å². The van der Waals surface area contributed by atoms with Crippen LogP contribution < -0.4 is 4.72 Å². The second kappa shape index (κ2) is 7.70. The molecule has 0 bridgehead atoms. The van der Waals surface area contributed by atoms with Crippen LogP contribution in [0.3, 0.4) is 0 Å². The number of pyridine rings is 2. The molecule has 0 aliphatic rings. The Balaban J connectivity index is 1.75. The van der Waals surface area contributed by atoms with E-state index in [1.54, 1.807) is 48.8 Å². The van der Waals surface area contributed by atoms with Gasteiger partial charge in [0.05, 0.1) is 16.8 Å². The van der Waals surface area contributed by atoms with Crippen molar-refractivity contribution in [1.82, 2.24) is 9.97 Å². The van der Waals surface area contributed by atoms with Crippen LogP contribution in [0.2, 0.25) is 0 Å². The quantitative estimate of drug-likeness (QED) is 0.526. The van der Waals surface area contributed by atoms with Gasteiger partial charge < -0.3 is 0 Å². The van der Waals surface area contributed by atoms with E-state index in [9.17, 15) is 12.8 Å². The highest BCUT2D eigenvalue weighted by Gasteiger charge is 2.19. The Hall–Kier alpha value is -3.76. The summed E-state index contributed by atoms with van der Waals surface area (Å²) in [5.41, 5.74) is 1.37. The van der Waals surface area contributed by atoms with Gasteiger partial charge in [-0.3, -0.25) is 14.7 Å². The van der Waals surface area contributed by atoms with Gasteiger partial charge in [0.25, 0.3) is 10.0 Å². The first-order valence-electron chi connectivity index (χ1n) is 8.61. The summed E-state index contributed by atoms with van der Waals surface area (Å²) in [4.78, 5) is 8.19. The standard InChI is InChI=1S/C22H14FN3O2S/c23-19-10-11-20(18(14-19)9-8-16-4-2-12-24-15-16)26-29(27,28)21-7-1-5-17-6-3-13-25-22(17)21/h1-7,10-15,26H. The average Bonchev–Trinajstić information content (AvgIpc) is 2.74. The molecule has 7 heteroatoms. The Labute approximate surface area is 167 Å². The lowest BCUT2D eigenvalue weighted by Crippen LogP contribution is -2.14. The van der Waals surface area contributed by atoms with Crippen molar-refractivity contribution in [1.29, 1.82) is 0 Å². The van der Waals surface area contributed by atoms with Gasteiger partial charge in [0.2, 0.25) is 0 Å². The Bertz CT molecular complexity index is 1360. The number of halogens is 1. The van der Waals surface area contributed by atoms with Crippen LogP contribution in [-0.4, -0.2) is 18.4 Å². The molecule has 2 aromatic heterocycles. The molecular formula is C22H14FN3O2S. The molecule has 0 fully saturated rings. The molecule has 4 rings (SSSR count). The highest BCUT2D eigenvalue weighted by atomic mass is 32.2. The third-order valence-electron chi connectivity index (χ3n) is 4.11. The minimum Gasteiger partial charge on any atom is -0.278 e. The van der Waals surface area contributed by atoms with E-state index >= 15 is 0 Å². The number of aromatic nitrogens is 2. The van der Waals surface area contributed by atoms with Crippen molar-refractivity contribution in [3.05, 3.63) is 96.2 Å². The smallest absolute Gasteiger partial charge is 0.264 e. The van der Waals surface area contributed by atoms with Crippen molar-refractivity contribution in [3.63, 3.8) is 0 Å². The van der Waals surface area contributed by atoms with Gasteiger partial charge in [-0.25, -0.2) is 12.8 Å². The van der Waals surface area contributed by atoms with Gasteiger partial charge >= 0.3 is 0 Å². The molecule has 2 aromatic carbocycles. The summed E-state index contributed by atoms with van der Waals surface area (Å²) in [5.74, 6) is 5.15. The molecule has 142 valence electrons. The van der Waals surface area contributed by atoms with E-state index in [1.165, 1.54) is 30.5 Å². The van der Waals surface area contributed by atoms with Crippen molar-refractivity contribution >= 4 is 26.6 Å². The number of sulfonamides is 1. The molecule has 0 saturated heterocycles. The minimum absolute atomic E-state index is 0.0334. The predicted octanol–water partition coefficient (Wildman–Crippen LogP) is 3.97. The molecule has 1 N–H and O–H groups in total. The fourth-order valence-electron chi connectivity index (χ4n) is 2.78. The second-order valence-electron chi connectivity index (χ2n) is 6.12. The van der Waals surface area contributed by atoms with E-state index in [0.29, 0.717) is 16.5 Å². The van der Waals surface area contributed by atoms with Gasteiger partial charge in [-0.05, 0) is 42.5 Å². The van der Waals surface area contributed by atoms with Crippen LogP contribution in [-0.2, 0) is 10.0 Å². The normalized spacial score (nSPS) is 10.9. The average molecular weight is 403 g/mol. The number of nitrogens with zero attached hydrogens (tertiary/aromatic N) is 2. The third-order valence-corrected chi connectivity index (χ3v) is 5.51. The Kier molecular flexibility index (Phi) is 4.94. The van der Waals surface area contributed by atoms with Gasteiger partial charge in [0, 0.05) is 29.5 Å². The van der Waals surface area contributed by atoms with E-state index in [4.69, 9.17) is 0 Å².